The number of allylic oxidation sites excluding steroid dienone is 1. The number of rotatable bonds is 4. The van der Waals surface area contributed by atoms with Crippen molar-refractivity contribution >= 4 is 17.1 Å². The number of aryl methyl sites for hydroxylation is 2. The maximum Gasteiger partial charge on any atom is 0.113 e. The molecular weight excluding hydrogens is 318 g/mol. The molecule has 1 unspecified atom stereocenters. The van der Waals surface area contributed by atoms with E-state index in [1.807, 2.05) is 22.9 Å². The van der Waals surface area contributed by atoms with Gasteiger partial charge in [-0.1, -0.05) is 89.2 Å². The summed E-state index contributed by atoms with van der Waals surface area (Å²) >= 11 is 0. The maximum absolute atomic E-state index is 4.44. The Bertz CT molecular complexity index is 1040. The van der Waals surface area contributed by atoms with Gasteiger partial charge < -0.3 is 0 Å². The van der Waals surface area contributed by atoms with E-state index in [1.54, 1.807) is 0 Å². The van der Waals surface area contributed by atoms with Crippen LogP contribution in [-0.2, 0) is 0 Å². The largest absolute Gasteiger partial charge is 0.233 e. The quantitative estimate of drug-likeness (QED) is 0.502. The van der Waals surface area contributed by atoms with Crippen LogP contribution in [0.15, 0.2) is 78.9 Å². The smallest absolute Gasteiger partial charge is 0.113 e. The van der Waals surface area contributed by atoms with Crippen molar-refractivity contribution in [1.82, 2.24) is 15.0 Å². The monoisotopic (exact) mass is 339 g/mol. The van der Waals surface area contributed by atoms with Gasteiger partial charge in [0.1, 0.15) is 5.52 Å². The van der Waals surface area contributed by atoms with Crippen molar-refractivity contribution in [2.45, 2.75) is 19.9 Å². The van der Waals surface area contributed by atoms with Gasteiger partial charge in [0.05, 0.1) is 11.6 Å². The molecule has 0 aliphatic carbocycles. The van der Waals surface area contributed by atoms with Crippen LogP contribution in [-0.4, -0.2) is 15.0 Å². The summed E-state index contributed by atoms with van der Waals surface area (Å²) in [6.07, 6.45) is 4.34. The molecule has 1 aromatic heterocycles. The second kappa shape index (κ2) is 6.96. The molecule has 4 rings (SSSR count). The molecule has 0 amide bonds. The first-order chi connectivity index (χ1) is 12.7. The number of fused-ring (bicyclic) bond motifs is 1. The van der Waals surface area contributed by atoms with Crippen molar-refractivity contribution in [2.75, 3.05) is 0 Å². The fourth-order valence-electron chi connectivity index (χ4n) is 3.07. The molecule has 0 saturated carbocycles. The van der Waals surface area contributed by atoms with E-state index in [9.17, 15) is 0 Å². The molecule has 0 saturated heterocycles. The first-order valence-electron chi connectivity index (χ1n) is 8.82. The molecule has 0 aliphatic heterocycles. The van der Waals surface area contributed by atoms with Crippen LogP contribution in [0.3, 0.4) is 0 Å². The summed E-state index contributed by atoms with van der Waals surface area (Å²) in [5.41, 5.74) is 6.82. The van der Waals surface area contributed by atoms with Gasteiger partial charge in [-0.2, -0.15) is 0 Å². The lowest BCUT2D eigenvalue weighted by molar-refractivity contribution is 0.605. The summed E-state index contributed by atoms with van der Waals surface area (Å²) in [4.78, 5) is 0. The molecule has 128 valence electrons. The fourth-order valence-corrected chi connectivity index (χ4v) is 3.07. The average Bonchev–Trinajstić information content (AvgIpc) is 3.09. The summed E-state index contributed by atoms with van der Waals surface area (Å²) in [7, 11) is 0. The highest BCUT2D eigenvalue weighted by molar-refractivity contribution is 5.74. The van der Waals surface area contributed by atoms with Crippen molar-refractivity contribution in [3.8, 4) is 0 Å². The number of benzene rings is 3. The molecule has 0 aliphatic rings. The van der Waals surface area contributed by atoms with Crippen LogP contribution in [0, 0.1) is 13.8 Å². The first-order valence-corrected chi connectivity index (χ1v) is 8.82. The molecule has 0 radical (unpaired) electrons. The summed E-state index contributed by atoms with van der Waals surface area (Å²) in [5, 5.41) is 8.76. The lowest BCUT2D eigenvalue weighted by atomic mass is 10.0. The minimum Gasteiger partial charge on any atom is -0.233 e. The zero-order valence-electron chi connectivity index (χ0n) is 15.0. The van der Waals surface area contributed by atoms with Crippen molar-refractivity contribution in [1.29, 1.82) is 0 Å². The zero-order valence-corrected chi connectivity index (χ0v) is 15.0. The van der Waals surface area contributed by atoms with E-state index in [1.165, 1.54) is 22.3 Å². The van der Waals surface area contributed by atoms with Gasteiger partial charge in [-0.15, -0.1) is 5.10 Å². The van der Waals surface area contributed by atoms with E-state index in [0.717, 1.165) is 11.0 Å². The molecule has 0 N–H and O–H groups in total. The third-order valence-corrected chi connectivity index (χ3v) is 4.61. The predicted octanol–water partition coefficient (Wildman–Crippen LogP) is 5.35. The van der Waals surface area contributed by atoms with E-state index in [4.69, 9.17) is 0 Å². The fraction of sp³-hybridized carbons (Fsp3) is 0.130. The molecule has 0 fully saturated rings. The molecule has 0 spiro atoms. The number of para-hydroxylation sites is 1. The van der Waals surface area contributed by atoms with Crippen LogP contribution >= 0.6 is 0 Å². The standard InChI is InChI=1S/C23H21N3/c1-17-7-11-19(12-8-17)13-16-22(20-14-9-18(2)10-15-20)26-23-6-4-3-5-21(23)24-25-26/h3-16,22H,1-2H3/b16-13+. The van der Waals surface area contributed by atoms with Gasteiger partial charge in [0.25, 0.3) is 0 Å². The SMILES string of the molecule is Cc1ccc(/C=C/C(c2ccc(C)cc2)n2nnc3ccccc32)cc1. The normalized spacial score (nSPS) is 12.7. The van der Waals surface area contributed by atoms with E-state index in [0.29, 0.717) is 0 Å². The Morgan fingerprint density at radius 1 is 0.808 bits per heavy atom. The van der Waals surface area contributed by atoms with Gasteiger partial charge in [-0.05, 0) is 37.1 Å². The van der Waals surface area contributed by atoms with Crippen molar-refractivity contribution in [2.24, 2.45) is 0 Å². The highest BCUT2D eigenvalue weighted by atomic mass is 15.4. The van der Waals surface area contributed by atoms with Crippen molar-refractivity contribution in [3.63, 3.8) is 0 Å². The topological polar surface area (TPSA) is 30.7 Å². The minimum absolute atomic E-state index is 0.00990. The van der Waals surface area contributed by atoms with Gasteiger partial charge in [0.2, 0.25) is 0 Å². The molecule has 0 bridgehead atoms. The van der Waals surface area contributed by atoms with Crippen LogP contribution in [0.2, 0.25) is 0 Å². The molecule has 4 aromatic rings. The second-order valence-corrected chi connectivity index (χ2v) is 6.65. The van der Waals surface area contributed by atoms with Crippen LogP contribution in [0.25, 0.3) is 17.1 Å². The van der Waals surface area contributed by atoms with Crippen LogP contribution in [0.4, 0.5) is 0 Å². The Kier molecular flexibility index (Phi) is 4.36. The Labute approximate surface area is 153 Å². The van der Waals surface area contributed by atoms with E-state index < -0.39 is 0 Å². The Morgan fingerprint density at radius 2 is 1.46 bits per heavy atom. The highest BCUT2D eigenvalue weighted by Gasteiger charge is 2.15. The lowest BCUT2D eigenvalue weighted by Gasteiger charge is -2.15. The minimum atomic E-state index is -0.00990. The van der Waals surface area contributed by atoms with Crippen LogP contribution in [0.1, 0.15) is 28.3 Å². The van der Waals surface area contributed by atoms with Gasteiger partial charge in [0.15, 0.2) is 0 Å². The summed E-state index contributed by atoms with van der Waals surface area (Å²) < 4.78 is 1.99. The number of hydrogen-bond acceptors (Lipinski definition) is 2. The number of aromatic nitrogens is 3. The lowest BCUT2D eigenvalue weighted by Crippen LogP contribution is -2.10. The first kappa shape index (κ1) is 16.3. The molecule has 3 aromatic carbocycles. The molecule has 1 atom stereocenters. The van der Waals surface area contributed by atoms with Crippen molar-refractivity contribution in [3.05, 3.63) is 101 Å². The summed E-state index contributed by atoms with van der Waals surface area (Å²) in [6.45, 7) is 4.20. The molecular formula is C23H21N3. The number of hydrogen-bond donors (Lipinski definition) is 0. The average molecular weight is 339 g/mol. The second-order valence-electron chi connectivity index (χ2n) is 6.65. The van der Waals surface area contributed by atoms with Crippen LogP contribution < -0.4 is 0 Å². The van der Waals surface area contributed by atoms with Gasteiger partial charge in [0, 0.05) is 0 Å². The van der Waals surface area contributed by atoms with E-state index in [2.05, 4.69) is 90.9 Å². The Balaban J connectivity index is 1.79. The predicted molar refractivity (Wildman–Crippen MR) is 107 cm³/mol. The Morgan fingerprint density at radius 3 is 2.19 bits per heavy atom. The molecule has 1 heterocycles. The van der Waals surface area contributed by atoms with Crippen LogP contribution in [0.5, 0.6) is 0 Å². The van der Waals surface area contributed by atoms with E-state index >= 15 is 0 Å². The summed E-state index contributed by atoms with van der Waals surface area (Å²) in [6, 6.07) is 25.2. The highest BCUT2D eigenvalue weighted by Crippen LogP contribution is 2.25. The van der Waals surface area contributed by atoms with E-state index in [-0.39, 0.29) is 6.04 Å². The van der Waals surface area contributed by atoms with Gasteiger partial charge >= 0.3 is 0 Å². The van der Waals surface area contributed by atoms with Gasteiger partial charge in [-0.25, -0.2) is 4.68 Å². The maximum atomic E-state index is 4.44. The number of nitrogens with zero attached hydrogens (tertiary/aromatic N) is 3. The third-order valence-electron chi connectivity index (χ3n) is 4.61. The van der Waals surface area contributed by atoms with Gasteiger partial charge in [-0.3, -0.25) is 0 Å². The Hall–Kier alpha value is -3.20. The molecule has 3 nitrogen and oxygen atoms in total. The zero-order chi connectivity index (χ0) is 17.9. The molecule has 26 heavy (non-hydrogen) atoms. The van der Waals surface area contributed by atoms with Crippen molar-refractivity contribution < 1.29 is 0 Å². The third kappa shape index (κ3) is 3.29. The molecule has 3 heteroatoms. The summed E-state index contributed by atoms with van der Waals surface area (Å²) in [5.74, 6) is 0.